The summed E-state index contributed by atoms with van der Waals surface area (Å²) in [5.74, 6) is -0.137. The van der Waals surface area contributed by atoms with E-state index in [2.05, 4.69) is 5.32 Å². The van der Waals surface area contributed by atoms with Crippen LogP contribution < -0.4 is 5.32 Å². The molecule has 0 aliphatic carbocycles. The fourth-order valence-corrected chi connectivity index (χ4v) is 1.24. The van der Waals surface area contributed by atoms with Crippen LogP contribution in [0.25, 0.3) is 0 Å². The Balaban J connectivity index is 2.28. The highest BCUT2D eigenvalue weighted by atomic mass is 35.5. The normalized spacial score (nSPS) is 11.0. The Morgan fingerprint density at radius 1 is 1.36 bits per heavy atom. The van der Waals surface area contributed by atoms with E-state index in [9.17, 15) is 4.39 Å². The molecule has 0 aliphatic heterocycles. The summed E-state index contributed by atoms with van der Waals surface area (Å²) in [7, 11) is 0. The van der Waals surface area contributed by atoms with E-state index in [1.54, 1.807) is 12.1 Å². The number of nitrogens with one attached hydrogen (secondary N) is 1. The topological polar surface area (TPSA) is 12.0 Å². The Morgan fingerprint density at radius 2 is 2.14 bits per heavy atom. The molecule has 0 saturated carbocycles. The van der Waals surface area contributed by atoms with Gasteiger partial charge in [-0.05, 0) is 24.6 Å². The molecule has 0 aliphatic rings. The second-order valence-corrected chi connectivity index (χ2v) is 3.16. The first-order valence-corrected chi connectivity index (χ1v) is 4.97. The van der Waals surface area contributed by atoms with E-state index in [-0.39, 0.29) is 5.82 Å². The Bertz CT molecular complexity index is 299. The minimum atomic E-state index is -0.137. The average molecular weight is 214 g/mol. The van der Waals surface area contributed by atoms with Gasteiger partial charge in [0.25, 0.3) is 0 Å². The summed E-state index contributed by atoms with van der Waals surface area (Å²) in [5.41, 5.74) is 2.21. The molecule has 0 atom stereocenters. The van der Waals surface area contributed by atoms with Gasteiger partial charge in [-0.3, -0.25) is 0 Å². The number of hydrogen-bond acceptors (Lipinski definition) is 1. The zero-order valence-corrected chi connectivity index (χ0v) is 8.60. The van der Waals surface area contributed by atoms with Crippen LogP contribution in [0.3, 0.4) is 0 Å². The summed E-state index contributed by atoms with van der Waals surface area (Å²) in [6.45, 7) is 1.47. The third-order valence-electron chi connectivity index (χ3n) is 1.88. The van der Waals surface area contributed by atoms with Crippen molar-refractivity contribution < 1.29 is 4.39 Å². The molecule has 0 heterocycles. The van der Waals surface area contributed by atoms with E-state index in [4.69, 9.17) is 11.6 Å². The van der Waals surface area contributed by atoms with Crippen LogP contribution in [0.4, 0.5) is 4.39 Å². The monoisotopic (exact) mass is 213 g/mol. The number of benzene rings is 1. The first kappa shape index (κ1) is 11.2. The molecule has 1 nitrogen and oxygen atoms in total. The molecule has 0 aromatic heterocycles. The third kappa shape index (κ3) is 3.90. The molecule has 1 aromatic rings. The van der Waals surface area contributed by atoms with Gasteiger partial charge in [0, 0.05) is 12.1 Å². The fraction of sp³-hybridized carbons (Fsp3) is 0.273. The van der Waals surface area contributed by atoms with Crippen molar-refractivity contribution in [3.8, 4) is 0 Å². The van der Waals surface area contributed by atoms with Gasteiger partial charge in [0.15, 0.2) is 0 Å². The SMILES string of the molecule is Fc1ccccc1CCNC/C=C/Cl. The molecule has 0 spiro atoms. The molecule has 1 rings (SSSR count). The summed E-state index contributed by atoms with van der Waals surface area (Å²) in [6, 6.07) is 6.82. The van der Waals surface area contributed by atoms with Gasteiger partial charge in [-0.1, -0.05) is 35.9 Å². The number of rotatable bonds is 5. The van der Waals surface area contributed by atoms with Crippen molar-refractivity contribution in [3.05, 3.63) is 47.3 Å². The smallest absolute Gasteiger partial charge is 0.126 e. The highest BCUT2D eigenvalue weighted by Crippen LogP contribution is 2.05. The van der Waals surface area contributed by atoms with E-state index in [1.165, 1.54) is 11.6 Å². The van der Waals surface area contributed by atoms with Crippen molar-refractivity contribution in [1.29, 1.82) is 0 Å². The lowest BCUT2D eigenvalue weighted by Crippen LogP contribution is -2.17. The second-order valence-electron chi connectivity index (χ2n) is 2.91. The third-order valence-corrected chi connectivity index (χ3v) is 2.06. The molecule has 0 fully saturated rings. The lowest BCUT2D eigenvalue weighted by atomic mass is 10.1. The first-order chi connectivity index (χ1) is 6.84. The van der Waals surface area contributed by atoms with Gasteiger partial charge in [-0.15, -0.1) is 0 Å². The highest BCUT2D eigenvalue weighted by molar-refractivity contribution is 6.25. The number of halogens is 2. The largest absolute Gasteiger partial charge is 0.313 e. The van der Waals surface area contributed by atoms with E-state index in [0.717, 1.165) is 18.7 Å². The van der Waals surface area contributed by atoms with E-state index in [1.807, 2.05) is 12.1 Å². The molecular weight excluding hydrogens is 201 g/mol. The average Bonchev–Trinajstić information content (AvgIpc) is 2.20. The van der Waals surface area contributed by atoms with Gasteiger partial charge in [-0.2, -0.15) is 0 Å². The predicted octanol–water partition coefficient (Wildman–Crippen LogP) is 2.71. The highest BCUT2D eigenvalue weighted by Gasteiger charge is 1.98. The quantitative estimate of drug-likeness (QED) is 0.742. The van der Waals surface area contributed by atoms with Gasteiger partial charge in [-0.25, -0.2) is 4.39 Å². The van der Waals surface area contributed by atoms with Crippen LogP contribution in [0.1, 0.15) is 5.56 Å². The summed E-state index contributed by atoms with van der Waals surface area (Å²) in [6.07, 6.45) is 2.51. The summed E-state index contributed by atoms with van der Waals surface area (Å²) < 4.78 is 13.1. The van der Waals surface area contributed by atoms with Gasteiger partial charge < -0.3 is 5.32 Å². The van der Waals surface area contributed by atoms with E-state index in [0.29, 0.717) is 6.42 Å². The standard InChI is InChI=1S/C11H13ClFN/c12-7-3-8-14-9-6-10-4-1-2-5-11(10)13/h1-5,7,14H,6,8-9H2/b7-3+. The van der Waals surface area contributed by atoms with Crippen LogP contribution in [0.5, 0.6) is 0 Å². The summed E-state index contributed by atoms with van der Waals surface area (Å²) in [5, 5.41) is 3.12. The Morgan fingerprint density at radius 3 is 2.86 bits per heavy atom. The summed E-state index contributed by atoms with van der Waals surface area (Å²) >= 11 is 5.34. The van der Waals surface area contributed by atoms with Crippen LogP contribution in [0.2, 0.25) is 0 Å². The predicted molar refractivity (Wildman–Crippen MR) is 58.0 cm³/mol. The van der Waals surface area contributed by atoms with Gasteiger partial charge in [0.2, 0.25) is 0 Å². The maximum atomic E-state index is 13.1. The van der Waals surface area contributed by atoms with Crippen molar-refractivity contribution in [1.82, 2.24) is 5.32 Å². The van der Waals surface area contributed by atoms with Crippen molar-refractivity contribution >= 4 is 11.6 Å². The molecule has 1 N–H and O–H groups in total. The van der Waals surface area contributed by atoms with E-state index >= 15 is 0 Å². The van der Waals surface area contributed by atoms with Crippen LogP contribution in [0, 0.1) is 5.82 Å². The van der Waals surface area contributed by atoms with Crippen LogP contribution in [-0.2, 0) is 6.42 Å². The van der Waals surface area contributed by atoms with Crippen molar-refractivity contribution in [2.45, 2.75) is 6.42 Å². The van der Waals surface area contributed by atoms with E-state index < -0.39 is 0 Å². The van der Waals surface area contributed by atoms with Crippen molar-refractivity contribution in [2.24, 2.45) is 0 Å². The molecule has 1 aromatic carbocycles. The lowest BCUT2D eigenvalue weighted by molar-refractivity contribution is 0.603. The second kappa shape index (κ2) is 6.57. The van der Waals surface area contributed by atoms with Crippen LogP contribution in [0.15, 0.2) is 35.9 Å². The molecule has 0 amide bonds. The zero-order valence-electron chi connectivity index (χ0n) is 7.84. The van der Waals surface area contributed by atoms with Crippen LogP contribution >= 0.6 is 11.6 Å². The summed E-state index contributed by atoms with van der Waals surface area (Å²) in [4.78, 5) is 0. The Hall–Kier alpha value is -0.860. The van der Waals surface area contributed by atoms with Gasteiger partial charge in [0.05, 0.1) is 0 Å². The van der Waals surface area contributed by atoms with Crippen LogP contribution in [-0.4, -0.2) is 13.1 Å². The van der Waals surface area contributed by atoms with Gasteiger partial charge >= 0.3 is 0 Å². The fourth-order valence-electron chi connectivity index (χ4n) is 1.15. The maximum Gasteiger partial charge on any atom is 0.126 e. The minimum absolute atomic E-state index is 0.137. The lowest BCUT2D eigenvalue weighted by Gasteiger charge is -2.03. The minimum Gasteiger partial charge on any atom is -0.313 e. The molecule has 0 saturated heterocycles. The number of hydrogen-bond donors (Lipinski definition) is 1. The Kier molecular flexibility index (Phi) is 5.27. The molecule has 14 heavy (non-hydrogen) atoms. The molecule has 3 heteroatoms. The molecule has 0 bridgehead atoms. The molecule has 0 unspecified atom stereocenters. The molecule has 0 radical (unpaired) electrons. The molecule has 76 valence electrons. The maximum absolute atomic E-state index is 13.1. The first-order valence-electron chi connectivity index (χ1n) is 4.54. The zero-order chi connectivity index (χ0) is 10.2. The Labute approximate surface area is 88.6 Å². The van der Waals surface area contributed by atoms with Crippen molar-refractivity contribution in [3.63, 3.8) is 0 Å². The van der Waals surface area contributed by atoms with Crippen molar-refractivity contribution in [2.75, 3.05) is 13.1 Å². The van der Waals surface area contributed by atoms with Gasteiger partial charge in [0.1, 0.15) is 5.82 Å². The molecular formula is C11H13ClFN.